The second-order valence-electron chi connectivity index (χ2n) is 5.13. The summed E-state index contributed by atoms with van der Waals surface area (Å²) in [5.74, 6) is 0.253. The molecule has 1 saturated heterocycles. The number of nitrogens with one attached hydrogen (secondary N) is 2. The molecule has 0 spiro atoms. The fraction of sp³-hybridized carbons (Fsp3) is 0.533. The summed E-state index contributed by atoms with van der Waals surface area (Å²) >= 11 is 0. The number of amides is 2. The van der Waals surface area contributed by atoms with E-state index in [4.69, 9.17) is 9.47 Å². The first kappa shape index (κ1) is 16.2. The van der Waals surface area contributed by atoms with Gasteiger partial charge in [0.1, 0.15) is 12.1 Å². The Bertz CT molecular complexity index is 488. The molecule has 2 rings (SSSR count). The maximum absolute atomic E-state index is 12.1. The molecular weight excluding hydrogens is 286 g/mol. The van der Waals surface area contributed by atoms with E-state index in [1.165, 1.54) is 6.20 Å². The normalized spacial score (nSPS) is 15.5. The number of ether oxygens (including phenoxy) is 2. The minimum Gasteiger partial charge on any atom is -0.469 e. The van der Waals surface area contributed by atoms with Crippen molar-refractivity contribution in [3.05, 3.63) is 18.3 Å². The molecule has 7 nitrogen and oxygen atoms in total. The Balaban J connectivity index is 1.87. The van der Waals surface area contributed by atoms with Gasteiger partial charge in [0.05, 0.1) is 25.1 Å². The first-order valence-electron chi connectivity index (χ1n) is 7.44. The third-order valence-corrected chi connectivity index (χ3v) is 3.33. The van der Waals surface area contributed by atoms with Crippen molar-refractivity contribution < 1.29 is 19.1 Å². The largest absolute Gasteiger partial charge is 0.469 e. The molecule has 2 N–H and O–H groups in total. The number of hydrogen-bond acceptors (Lipinski definition) is 5. The highest BCUT2D eigenvalue weighted by molar-refractivity contribution is 5.95. The highest BCUT2D eigenvalue weighted by Gasteiger charge is 2.21. The van der Waals surface area contributed by atoms with E-state index >= 15 is 0 Å². The number of hydrogen-bond donors (Lipinski definition) is 2. The first-order valence-corrected chi connectivity index (χ1v) is 7.44. The van der Waals surface area contributed by atoms with Crippen LogP contribution in [0.5, 0.6) is 5.88 Å². The van der Waals surface area contributed by atoms with Crippen LogP contribution in [0, 0.1) is 0 Å². The van der Waals surface area contributed by atoms with E-state index in [1.807, 2.05) is 6.92 Å². The van der Waals surface area contributed by atoms with Crippen LogP contribution in [-0.2, 0) is 14.3 Å². The van der Waals surface area contributed by atoms with Crippen LogP contribution in [0.4, 0.5) is 5.69 Å². The highest BCUT2D eigenvalue weighted by Crippen LogP contribution is 2.16. The summed E-state index contributed by atoms with van der Waals surface area (Å²) in [5.41, 5.74) is 0.566. The maximum Gasteiger partial charge on any atom is 0.246 e. The van der Waals surface area contributed by atoms with Gasteiger partial charge in [-0.2, -0.15) is 0 Å². The second-order valence-corrected chi connectivity index (χ2v) is 5.13. The molecule has 1 unspecified atom stereocenters. The van der Waals surface area contributed by atoms with Crippen LogP contribution >= 0.6 is 0 Å². The van der Waals surface area contributed by atoms with Crippen LogP contribution in [0.25, 0.3) is 0 Å². The Morgan fingerprint density at radius 3 is 2.91 bits per heavy atom. The lowest BCUT2D eigenvalue weighted by Gasteiger charge is -2.26. The smallest absolute Gasteiger partial charge is 0.246 e. The molecule has 1 aromatic heterocycles. The molecule has 22 heavy (non-hydrogen) atoms. The van der Waals surface area contributed by atoms with Crippen LogP contribution in [-0.4, -0.2) is 42.7 Å². The summed E-state index contributed by atoms with van der Waals surface area (Å²) in [6.07, 6.45) is 4.58. The average Bonchev–Trinajstić information content (AvgIpc) is 2.48. The molecular formula is C15H21N3O4. The fourth-order valence-corrected chi connectivity index (χ4v) is 1.99. The lowest BCUT2D eigenvalue weighted by Crippen LogP contribution is -2.39. The van der Waals surface area contributed by atoms with Gasteiger partial charge in [-0.15, -0.1) is 0 Å². The van der Waals surface area contributed by atoms with Gasteiger partial charge in [0.25, 0.3) is 0 Å². The van der Waals surface area contributed by atoms with Gasteiger partial charge in [-0.3, -0.25) is 9.59 Å². The van der Waals surface area contributed by atoms with Gasteiger partial charge in [0.15, 0.2) is 0 Å². The molecule has 0 aromatic carbocycles. The molecule has 1 aliphatic heterocycles. The summed E-state index contributed by atoms with van der Waals surface area (Å²) in [5, 5.41) is 5.28. The highest BCUT2D eigenvalue weighted by atomic mass is 16.6. The first-order chi connectivity index (χ1) is 10.7. The van der Waals surface area contributed by atoms with Gasteiger partial charge >= 0.3 is 0 Å². The van der Waals surface area contributed by atoms with E-state index < -0.39 is 6.04 Å². The number of aromatic nitrogens is 1. The van der Waals surface area contributed by atoms with E-state index in [0.29, 0.717) is 37.6 Å². The van der Waals surface area contributed by atoms with E-state index in [2.05, 4.69) is 15.6 Å². The summed E-state index contributed by atoms with van der Waals surface area (Å²) in [4.78, 5) is 26.8. The minimum absolute atomic E-state index is 0.0585. The zero-order chi connectivity index (χ0) is 15.8. The van der Waals surface area contributed by atoms with Crippen molar-refractivity contribution in [2.75, 3.05) is 18.5 Å². The Labute approximate surface area is 129 Å². The molecule has 7 heteroatoms. The van der Waals surface area contributed by atoms with Gasteiger partial charge in [0.2, 0.25) is 18.2 Å². The zero-order valence-corrected chi connectivity index (χ0v) is 12.6. The fourth-order valence-electron chi connectivity index (χ4n) is 1.99. The SMILES string of the molecule is CCCCC(NC=O)C(=O)Nc1ccc(OC2COC2)nc1. The molecule has 2 amide bonds. The summed E-state index contributed by atoms with van der Waals surface area (Å²) < 4.78 is 10.6. The van der Waals surface area contributed by atoms with Crippen molar-refractivity contribution in [2.45, 2.75) is 38.3 Å². The number of carbonyl (C=O) groups is 2. The van der Waals surface area contributed by atoms with Gasteiger partial charge in [0, 0.05) is 6.07 Å². The second kappa shape index (κ2) is 8.33. The molecule has 0 aliphatic carbocycles. The minimum atomic E-state index is -0.527. The van der Waals surface area contributed by atoms with Gasteiger partial charge in [-0.05, 0) is 12.5 Å². The van der Waals surface area contributed by atoms with Crippen molar-refractivity contribution in [1.82, 2.24) is 10.3 Å². The Morgan fingerprint density at radius 2 is 2.36 bits per heavy atom. The van der Waals surface area contributed by atoms with Crippen molar-refractivity contribution in [2.24, 2.45) is 0 Å². The monoisotopic (exact) mass is 307 g/mol. The number of pyridine rings is 1. The van der Waals surface area contributed by atoms with E-state index in [0.717, 1.165) is 12.8 Å². The summed E-state index contributed by atoms with van der Waals surface area (Å²) in [6.45, 7) is 3.19. The number of carbonyl (C=O) groups excluding carboxylic acids is 2. The molecule has 1 atom stereocenters. The van der Waals surface area contributed by atoms with E-state index in [1.54, 1.807) is 12.1 Å². The predicted molar refractivity (Wildman–Crippen MR) is 80.6 cm³/mol. The van der Waals surface area contributed by atoms with Gasteiger partial charge in [-0.1, -0.05) is 19.8 Å². The van der Waals surface area contributed by atoms with Crippen LogP contribution < -0.4 is 15.4 Å². The lowest BCUT2D eigenvalue weighted by atomic mass is 10.1. The Morgan fingerprint density at radius 1 is 1.55 bits per heavy atom. The molecule has 0 radical (unpaired) electrons. The Hall–Kier alpha value is -2.15. The molecule has 2 heterocycles. The quantitative estimate of drug-likeness (QED) is 0.667. The van der Waals surface area contributed by atoms with E-state index in [-0.39, 0.29) is 12.0 Å². The molecule has 0 bridgehead atoms. The number of unbranched alkanes of at least 4 members (excludes halogenated alkanes) is 1. The molecule has 1 aliphatic rings. The maximum atomic E-state index is 12.1. The average molecular weight is 307 g/mol. The molecule has 1 aromatic rings. The van der Waals surface area contributed by atoms with Crippen LogP contribution in [0.2, 0.25) is 0 Å². The van der Waals surface area contributed by atoms with Crippen LogP contribution in [0.3, 0.4) is 0 Å². The molecule has 1 fully saturated rings. The van der Waals surface area contributed by atoms with Gasteiger partial charge in [-0.25, -0.2) is 4.98 Å². The third kappa shape index (κ3) is 4.70. The van der Waals surface area contributed by atoms with Crippen molar-refractivity contribution in [3.63, 3.8) is 0 Å². The molecule has 120 valence electrons. The van der Waals surface area contributed by atoms with Crippen molar-refractivity contribution in [3.8, 4) is 5.88 Å². The number of nitrogens with zero attached hydrogens (tertiary/aromatic N) is 1. The summed E-state index contributed by atoms with van der Waals surface area (Å²) in [6, 6.07) is 2.89. The molecule has 0 saturated carbocycles. The lowest BCUT2D eigenvalue weighted by molar-refractivity contribution is -0.121. The number of rotatable bonds is 9. The van der Waals surface area contributed by atoms with E-state index in [9.17, 15) is 9.59 Å². The standard InChI is InChI=1S/C15H21N3O4/c1-2-3-4-13(17-10-19)15(20)18-11-5-6-14(16-7-11)22-12-8-21-9-12/h5-7,10,12-13H,2-4,8-9H2,1H3,(H,17,19)(H,18,20). The third-order valence-electron chi connectivity index (χ3n) is 3.33. The van der Waals surface area contributed by atoms with Crippen molar-refractivity contribution in [1.29, 1.82) is 0 Å². The van der Waals surface area contributed by atoms with Crippen LogP contribution in [0.1, 0.15) is 26.2 Å². The van der Waals surface area contributed by atoms with Crippen molar-refractivity contribution >= 4 is 18.0 Å². The zero-order valence-electron chi connectivity index (χ0n) is 12.6. The van der Waals surface area contributed by atoms with Crippen LogP contribution in [0.15, 0.2) is 18.3 Å². The predicted octanol–water partition coefficient (Wildman–Crippen LogP) is 1.10. The summed E-state index contributed by atoms with van der Waals surface area (Å²) in [7, 11) is 0. The number of anilines is 1. The topological polar surface area (TPSA) is 89.6 Å². The van der Waals surface area contributed by atoms with Gasteiger partial charge < -0.3 is 20.1 Å². The Kier molecular flexibility index (Phi) is 6.14.